The summed E-state index contributed by atoms with van der Waals surface area (Å²) in [5.74, 6) is 0.739. The molecule has 1 N–H and O–H groups in total. The predicted molar refractivity (Wildman–Crippen MR) is 59.7 cm³/mol. The van der Waals surface area contributed by atoms with Gasteiger partial charge in [0.25, 0.3) is 0 Å². The zero-order valence-electron chi connectivity index (χ0n) is 9.58. The van der Waals surface area contributed by atoms with Crippen LogP contribution in [0.25, 0.3) is 0 Å². The van der Waals surface area contributed by atoms with Gasteiger partial charge in [0.2, 0.25) is 0 Å². The minimum atomic E-state index is -2.81. The molecule has 0 bridgehead atoms. The van der Waals surface area contributed by atoms with Crippen LogP contribution in [-0.4, -0.2) is 25.8 Å². The molecule has 1 heterocycles. The molecule has 3 nitrogen and oxygen atoms in total. The first-order valence-electron chi connectivity index (χ1n) is 5.58. The second-order valence-corrected chi connectivity index (χ2v) is 4.04. The Labute approximate surface area is 98.7 Å². The van der Waals surface area contributed by atoms with Crippen LogP contribution < -0.4 is 14.8 Å². The number of aryl methyl sites for hydroxylation is 1. The number of halogens is 2. The fourth-order valence-corrected chi connectivity index (χ4v) is 1.80. The molecule has 5 heteroatoms. The summed E-state index contributed by atoms with van der Waals surface area (Å²) in [7, 11) is 0. The predicted octanol–water partition coefficient (Wildman–Crippen LogP) is 2.34. The van der Waals surface area contributed by atoms with E-state index in [-0.39, 0.29) is 11.9 Å². The molecule has 1 saturated heterocycles. The highest BCUT2D eigenvalue weighted by Gasteiger charge is 2.16. The third-order valence-corrected chi connectivity index (χ3v) is 2.69. The number of ether oxygens (including phenoxy) is 2. The van der Waals surface area contributed by atoms with Crippen LogP contribution >= 0.6 is 0 Å². The Morgan fingerprint density at radius 3 is 2.88 bits per heavy atom. The van der Waals surface area contributed by atoms with Gasteiger partial charge in [0, 0.05) is 12.6 Å². The van der Waals surface area contributed by atoms with Crippen LogP contribution in [0.3, 0.4) is 0 Å². The first-order valence-corrected chi connectivity index (χ1v) is 5.58. The first-order chi connectivity index (χ1) is 8.15. The summed E-state index contributed by atoms with van der Waals surface area (Å²) in [6.07, 6.45) is 1.04. The third-order valence-electron chi connectivity index (χ3n) is 2.69. The smallest absolute Gasteiger partial charge is 0.387 e. The van der Waals surface area contributed by atoms with E-state index in [9.17, 15) is 8.78 Å². The summed E-state index contributed by atoms with van der Waals surface area (Å²) < 4.78 is 34.4. The number of nitrogens with one attached hydrogen (secondary N) is 1. The van der Waals surface area contributed by atoms with E-state index >= 15 is 0 Å². The lowest BCUT2D eigenvalue weighted by Crippen LogP contribution is -2.19. The maximum atomic E-state index is 12.2. The van der Waals surface area contributed by atoms with Gasteiger partial charge in [-0.25, -0.2) is 0 Å². The van der Waals surface area contributed by atoms with Crippen LogP contribution in [0.1, 0.15) is 12.0 Å². The summed E-state index contributed by atoms with van der Waals surface area (Å²) in [6.45, 7) is 0.631. The van der Waals surface area contributed by atoms with Crippen molar-refractivity contribution in [1.29, 1.82) is 0 Å². The molecular formula is C12H15F2NO2. The van der Waals surface area contributed by atoms with Crippen molar-refractivity contribution >= 4 is 0 Å². The van der Waals surface area contributed by atoms with Crippen LogP contribution in [0.4, 0.5) is 8.78 Å². The highest BCUT2D eigenvalue weighted by molar-refractivity contribution is 5.40. The van der Waals surface area contributed by atoms with Crippen molar-refractivity contribution in [3.63, 3.8) is 0 Å². The number of hydrogen-bond acceptors (Lipinski definition) is 3. The molecule has 0 spiro atoms. The van der Waals surface area contributed by atoms with Gasteiger partial charge < -0.3 is 14.8 Å². The summed E-state index contributed by atoms with van der Waals surface area (Å²) in [6, 6.07) is 5.00. The summed E-state index contributed by atoms with van der Waals surface area (Å²) in [4.78, 5) is 0. The SMILES string of the molecule is Cc1ccc(OC2CCNC2)cc1OC(F)F. The van der Waals surface area contributed by atoms with Crippen LogP contribution in [0.15, 0.2) is 18.2 Å². The van der Waals surface area contributed by atoms with Gasteiger partial charge in [-0.3, -0.25) is 0 Å². The minimum absolute atomic E-state index is 0.108. The molecule has 1 fully saturated rings. The molecule has 0 aromatic heterocycles. The van der Waals surface area contributed by atoms with Crippen molar-refractivity contribution in [2.45, 2.75) is 26.1 Å². The molecule has 1 aromatic carbocycles. The Hall–Kier alpha value is -1.36. The van der Waals surface area contributed by atoms with E-state index < -0.39 is 6.61 Å². The monoisotopic (exact) mass is 243 g/mol. The number of rotatable bonds is 4. The van der Waals surface area contributed by atoms with Crippen LogP contribution in [-0.2, 0) is 0 Å². The number of alkyl halides is 2. The molecule has 1 aliphatic rings. The maximum absolute atomic E-state index is 12.2. The molecule has 0 amide bonds. The number of benzene rings is 1. The summed E-state index contributed by atoms with van der Waals surface area (Å²) in [5, 5.41) is 3.17. The molecule has 1 unspecified atom stereocenters. The van der Waals surface area contributed by atoms with Gasteiger partial charge in [0.1, 0.15) is 17.6 Å². The second-order valence-electron chi connectivity index (χ2n) is 4.04. The van der Waals surface area contributed by atoms with E-state index in [1.807, 2.05) is 0 Å². The Kier molecular flexibility index (Phi) is 3.78. The Bertz CT molecular complexity index is 379. The van der Waals surface area contributed by atoms with Gasteiger partial charge in [-0.2, -0.15) is 8.78 Å². The Morgan fingerprint density at radius 2 is 2.24 bits per heavy atom. The van der Waals surface area contributed by atoms with E-state index in [1.54, 1.807) is 19.1 Å². The average Bonchev–Trinajstić information content (AvgIpc) is 2.75. The van der Waals surface area contributed by atoms with Crippen molar-refractivity contribution in [3.8, 4) is 11.5 Å². The molecule has 0 saturated carbocycles. The fraction of sp³-hybridized carbons (Fsp3) is 0.500. The Balaban J connectivity index is 2.06. The van der Waals surface area contributed by atoms with Gasteiger partial charge in [-0.1, -0.05) is 6.07 Å². The normalized spacial score (nSPS) is 19.6. The maximum Gasteiger partial charge on any atom is 0.387 e. The molecule has 2 rings (SSSR count). The highest BCUT2D eigenvalue weighted by atomic mass is 19.3. The Morgan fingerprint density at radius 1 is 1.41 bits per heavy atom. The van der Waals surface area contributed by atoms with Crippen molar-refractivity contribution < 1.29 is 18.3 Å². The topological polar surface area (TPSA) is 30.5 Å². The van der Waals surface area contributed by atoms with Crippen molar-refractivity contribution in [3.05, 3.63) is 23.8 Å². The second kappa shape index (κ2) is 5.31. The summed E-state index contributed by atoms with van der Waals surface area (Å²) >= 11 is 0. The van der Waals surface area contributed by atoms with E-state index in [1.165, 1.54) is 6.07 Å². The third kappa shape index (κ3) is 3.30. The lowest BCUT2D eigenvalue weighted by molar-refractivity contribution is -0.0504. The minimum Gasteiger partial charge on any atom is -0.489 e. The standard InChI is InChI=1S/C12H15F2NO2/c1-8-2-3-9(6-11(8)17-12(13)14)16-10-4-5-15-7-10/h2-3,6,10,12,15H,4-5,7H2,1H3. The van der Waals surface area contributed by atoms with Gasteiger partial charge >= 0.3 is 6.61 Å². The van der Waals surface area contributed by atoms with Crippen molar-refractivity contribution in [2.24, 2.45) is 0 Å². The lowest BCUT2D eigenvalue weighted by atomic mass is 10.2. The molecule has 0 radical (unpaired) electrons. The molecule has 1 aromatic rings. The van der Waals surface area contributed by atoms with Gasteiger partial charge in [0.05, 0.1) is 0 Å². The van der Waals surface area contributed by atoms with Gasteiger partial charge in [0.15, 0.2) is 0 Å². The van der Waals surface area contributed by atoms with Crippen LogP contribution in [0.2, 0.25) is 0 Å². The lowest BCUT2D eigenvalue weighted by Gasteiger charge is -2.14. The first kappa shape index (κ1) is 12.1. The van der Waals surface area contributed by atoms with Crippen molar-refractivity contribution in [1.82, 2.24) is 5.32 Å². The molecular weight excluding hydrogens is 228 g/mol. The average molecular weight is 243 g/mol. The van der Waals surface area contributed by atoms with Crippen LogP contribution in [0, 0.1) is 6.92 Å². The fourth-order valence-electron chi connectivity index (χ4n) is 1.80. The largest absolute Gasteiger partial charge is 0.489 e. The van der Waals surface area contributed by atoms with Crippen LogP contribution in [0.5, 0.6) is 11.5 Å². The quantitative estimate of drug-likeness (QED) is 0.880. The molecule has 0 aliphatic carbocycles. The molecule has 1 atom stereocenters. The van der Waals surface area contributed by atoms with E-state index in [0.717, 1.165) is 19.5 Å². The zero-order chi connectivity index (χ0) is 12.3. The van der Waals surface area contributed by atoms with E-state index in [2.05, 4.69) is 10.1 Å². The van der Waals surface area contributed by atoms with Gasteiger partial charge in [-0.15, -0.1) is 0 Å². The van der Waals surface area contributed by atoms with Crippen molar-refractivity contribution in [2.75, 3.05) is 13.1 Å². The highest BCUT2D eigenvalue weighted by Crippen LogP contribution is 2.26. The molecule has 17 heavy (non-hydrogen) atoms. The summed E-state index contributed by atoms with van der Waals surface area (Å²) in [5.41, 5.74) is 0.669. The van der Waals surface area contributed by atoms with E-state index in [0.29, 0.717) is 11.3 Å². The zero-order valence-corrected chi connectivity index (χ0v) is 9.58. The molecule has 1 aliphatic heterocycles. The van der Waals surface area contributed by atoms with E-state index in [4.69, 9.17) is 4.74 Å². The molecule has 94 valence electrons. The number of hydrogen-bond donors (Lipinski definition) is 1. The van der Waals surface area contributed by atoms with Gasteiger partial charge in [-0.05, 0) is 31.5 Å².